The number of allylic oxidation sites excluding steroid dienone is 2. The van der Waals surface area contributed by atoms with E-state index in [1.807, 2.05) is 39.0 Å². The van der Waals surface area contributed by atoms with Crippen molar-refractivity contribution in [1.82, 2.24) is 29.7 Å². The molecule has 1 fully saturated rings. The minimum absolute atomic E-state index is 0.124. The first-order valence-electron chi connectivity index (χ1n) is 13.6. The van der Waals surface area contributed by atoms with Crippen LogP contribution in [0, 0.1) is 0 Å². The summed E-state index contributed by atoms with van der Waals surface area (Å²) in [6.07, 6.45) is 8.81. The molecule has 1 unspecified atom stereocenters. The number of thiazole rings is 1. The predicted molar refractivity (Wildman–Crippen MR) is 157 cm³/mol. The van der Waals surface area contributed by atoms with E-state index in [2.05, 4.69) is 48.7 Å². The van der Waals surface area contributed by atoms with Gasteiger partial charge in [0.1, 0.15) is 16.4 Å². The highest BCUT2D eigenvalue weighted by atomic mass is 32.1. The molecule has 3 N–H and O–H groups in total. The number of anilines is 2. The molecular formula is C28H34N8O3S. The van der Waals surface area contributed by atoms with E-state index in [0.29, 0.717) is 18.0 Å². The van der Waals surface area contributed by atoms with Gasteiger partial charge in [0.05, 0.1) is 30.5 Å². The van der Waals surface area contributed by atoms with Gasteiger partial charge in [-0.1, -0.05) is 55.5 Å². The third-order valence-corrected chi connectivity index (χ3v) is 7.97. The lowest BCUT2D eigenvalue weighted by Crippen LogP contribution is -2.39. The van der Waals surface area contributed by atoms with Crippen LogP contribution < -0.4 is 16.0 Å². The number of imidazole rings is 1. The zero-order valence-corrected chi connectivity index (χ0v) is 23.8. The Bertz CT molecular complexity index is 1570. The van der Waals surface area contributed by atoms with Gasteiger partial charge in [-0.05, 0) is 24.1 Å². The molecule has 1 saturated heterocycles. The summed E-state index contributed by atoms with van der Waals surface area (Å²) in [5, 5.41) is 13.1. The van der Waals surface area contributed by atoms with E-state index < -0.39 is 0 Å². The third-order valence-electron chi connectivity index (χ3n) is 7.00. The number of fused-ring (bicyclic) bond motifs is 3. The number of hydrogen-bond donors (Lipinski definition) is 3. The van der Waals surface area contributed by atoms with Gasteiger partial charge >= 0.3 is 6.03 Å². The van der Waals surface area contributed by atoms with Crippen molar-refractivity contribution in [3.8, 4) is 0 Å². The first kappa shape index (κ1) is 26.5. The van der Waals surface area contributed by atoms with E-state index in [-0.39, 0.29) is 17.5 Å². The summed E-state index contributed by atoms with van der Waals surface area (Å²) >= 11 is 1.58. The lowest BCUT2D eigenvalue weighted by Gasteiger charge is -2.26. The average molecular weight is 563 g/mol. The second kappa shape index (κ2) is 11.0. The summed E-state index contributed by atoms with van der Waals surface area (Å²) in [7, 11) is 0. The number of morpholine rings is 1. The maximum Gasteiger partial charge on any atom is 0.320 e. The Morgan fingerprint density at radius 2 is 2.02 bits per heavy atom. The van der Waals surface area contributed by atoms with Crippen LogP contribution in [0.4, 0.5) is 16.4 Å². The zero-order valence-electron chi connectivity index (χ0n) is 22.9. The van der Waals surface area contributed by atoms with Gasteiger partial charge in [-0.25, -0.2) is 14.8 Å². The van der Waals surface area contributed by atoms with E-state index in [1.165, 1.54) is 0 Å². The largest absolute Gasteiger partial charge is 0.379 e. The molecule has 1 aliphatic carbocycles. The normalized spacial score (nSPS) is 18.3. The van der Waals surface area contributed by atoms with Crippen molar-refractivity contribution in [1.29, 1.82) is 0 Å². The molecule has 12 heteroatoms. The quantitative estimate of drug-likeness (QED) is 0.301. The molecular weight excluding hydrogens is 528 g/mol. The van der Waals surface area contributed by atoms with E-state index in [9.17, 15) is 4.79 Å². The Balaban J connectivity index is 1.04. The fourth-order valence-electron chi connectivity index (χ4n) is 4.72. The molecule has 2 aliphatic rings. The topological polar surface area (TPSA) is 122 Å². The molecule has 210 valence electrons. The number of aromatic nitrogens is 4. The molecule has 5 heterocycles. The van der Waals surface area contributed by atoms with E-state index in [0.717, 1.165) is 71.8 Å². The molecule has 11 nitrogen and oxygen atoms in total. The van der Waals surface area contributed by atoms with Crippen molar-refractivity contribution in [3.05, 3.63) is 54.1 Å². The molecule has 0 saturated carbocycles. The minimum atomic E-state index is -0.323. The number of nitrogens with zero attached hydrogens (tertiary/aromatic N) is 5. The van der Waals surface area contributed by atoms with Gasteiger partial charge in [0.25, 0.3) is 0 Å². The summed E-state index contributed by atoms with van der Waals surface area (Å²) in [5.74, 6) is 1.99. The third kappa shape index (κ3) is 5.88. The van der Waals surface area contributed by atoms with Crippen LogP contribution in [0.25, 0.3) is 20.9 Å². The van der Waals surface area contributed by atoms with Crippen molar-refractivity contribution in [2.45, 2.75) is 38.6 Å². The second-order valence-electron chi connectivity index (χ2n) is 11.1. The van der Waals surface area contributed by atoms with Gasteiger partial charge in [0.2, 0.25) is 0 Å². The summed E-state index contributed by atoms with van der Waals surface area (Å²) < 4.78 is 12.8. The Kier molecular flexibility index (Phi) is 7.30. The van der Waals surface area contributed by atoms with Crippen LogP contribution >= 0.6 is 11.3 Å². The maximum atomic E-state index is 12.5. The van der Waals surface area contributed by atoms with Crippen molar-refractivity contribution < 1.29 is 14.1 Å². The number of nitrogens with one attached hydrogen (secondary N) is 3. The molecule has 0 radical (unpaired) electrons. The zero-order chi connectivity index (χ0) is 27.7. The fourth-order valence-corrected chi connectivity index (χ4v) is 5.70. The van der Waals surface area contributed by atoms with Gasteiger partial charge in [-0.3, -0.25) is 14.6 Å². The molecule has 1 aliphatic heterocycles. The molecule has 40 heavy (non-hydrogen) atoms. The second-order valence-corrected chi connectivity index (χ2v) is 12.0. The van der Waals surface area contributed by atoms with Crippen molar-refractivity contribution in [2.24, 2.45) is 0 Å². The summed E-state index contributed by atoms with van der Waals surface area (Å²) in [6.45, 7) is 11.5. The van der Waals surface area contributed by atoms with Crippen LogP contribution in [-0.4, -0.2) is 75.9 Å². The number of ether oxygens (including phenoxy) is 1. The highest BCUT2D eigenvalue weighted by molar-refractivity contribution is 7.23. The number of urea groups is 1. The molecule has 1 atom stereocenters. The molecule has 6 rings (SSSR count). The summed E-state index contributed by atoms with van der Waals surface area (Å²) in [5.41, 5.74) is 2.79. The lowest BCUT2D eigenvalue weighted by atomic mass is 9.93. The number of hydrogen-bond acceptors (Lipinski definition) is 9. The monoisotopic (exact) mass is 562 g/mol. The molecule has 0 spiro atoms. The molecule has 4 aromatic heterocycles. The molecule has 0 aromatic carbocycles. The van der Waals surface area contributed by atoms with Crippen molar-refractivity contribution in [3.63, 3.8) is 0 Å². The van der Waals surface area contributed by atoms with Gasteiger partial charge in [-0.2, -0.15) is 0 Å². The van der Waals surface area contributed by atoms with Crippen LogP contribution in [-0.2, 0) is 10.2 Å². The highest BCUT2D eigenvalue weighted by Gasteiger charge is 2.21. The number of carbonyl (C=O) groups excluding carboxylic acids is 1. The van der Waals surface area contributed by atoms with Crippen molar-refractivity contribution in [2.75, 3.05) is 50.0 Å². The average Bonchev–Trinajstić information content (AvgIpc) is 3.64. The minimum Gasteiger partial charge on any atom is -0.379 e. The Morgan fingerprint density at radius 1 is 1.18 bits per heavy atom. The van der Waals surface area contributed by atoms with Crippen LogP contribution in [0.15, 0.2) is 47.1 Å². The van der Waals surface area contributed by atoms with E-state index in [1.54, 1.807) is 17.4 Å². The number of carbonyl (C=O) groups is 1. The molecule has 4 aromatic rings. The molecule has 2 amide bonds. The lowest BCUT2D eigenvalue weighted by molar-refractivity contribution is 0.0398. The predicted octanol–water partition coefficient (Wildman–Crippen LogP) is 4.51. The number of pyridine rings is 1. The van der Waals surface area contributed by atoms with Crippen LogP contribution in [0.1, 0.15) is 38.6 Å². The number of amides is 2. The first-order chi connectivity index (χ1) is 19.3. The fraction of sp³-hybridized carbons (Fsp3) is 0.429. The Morgan fingerprint density at radius 3 is 2.77 bits per heavy atom. The van der Waals surface area contributed by atoms with Crippen molar-refractivity contribution >= 4 is 49.9 Å². The standard InChI is InChI=1S/C28H34N8O3S/c1-28(2,3)22-16-24(34-39-22)33-26(37)30-19-6-4-18(5-7-19)20-17-36-21-8-9-23(32-25(21)40-27(36)31-20)29-10-11-35-12-14-38-15-13-35/h4-6,8-9,16-17,19H,7,10-15H2,1-3H3,(H,29,32)(H2,30,33,34,37). The van der Waals surface area contributed by atoms with Gasteiger partial charge < -0.3 is 19.9 Å². The Hall–Kier alpha value is -3.74. The number of rotatable bonds is 7. The molecule has 0 bridgehead atoms. The Labute approximate surface area is 236 Å². The summed E-state index contributed by atoms with van der Waals surface area (Å²) in [4.78, 5) is 26.4. The smallest absolute Gasteiger partial charge is 0.320 e. The SMILES string of the molecule is CC(C)(C)c1cc(NC(=O)NC2C=CC(c3cn4c(n3)sc3nc(NCCN5CCOCC5)ccc34)=CC2)no1. The van der Waals surface area contributed by atoms with Crippen LogP contribution in [0.5, 0.6) is 0 Å². The summed E-state index contributed by atoms with van der Waals surface area (Å²) in [6, 6.07) is 5.42. The highest BCUT2D eigenvalue weighted by Crippen LogP contribution is 2.29. The van der Waals surface area contributed by atoms with Crippen LogP contribution in [0.2, 0.25) is 0 Å². The maximum absolute atomic E-state index is 12.5. The van der Waals surface area contributed by atoms with E-state index >= 15 is 0 Å². The van der Waals surface area contributed by atoms with E-state index in [4.69, 9.17) is 19.2 Å². The van der Waals surface area contributed by atoms with Gasteiger partial charge in [0, 0.05) is 43.9 Å². The van der Waals surface area contributed by atoms with Crippen LogP contribution in [0.3, 0.4) is 0 Å². The van der Waals surface area contributed by atoms with Gasteiger partial charge in [-0.15, -0.1) is 0 Å². The van der Waals surface area contributed by atoms with Gasteiger partial charge in [0.15, 0.2) is 10.8 Å². The first-order valence-corrected chi connectivity index (χ1v) is 14.4.